The third-order valence-corrected chi connectivity index (χ3v) is 5.25. The fourth-order valence-electron chi connectivity index (χ4n) is 2.22. The van der Waals surface area contributed by atoms with Crippen LogP contribution in [0.2, 0.25) is 0 Å². The molecule has 0 nitrogen and oxygen atoms in total. The highest BCUT2D eigenvalue weighted by atomic mass is 79.9. The fourth-order valence-corrected chi connectivity index (χ4v) is 3.50. The van der Waals surface area contributed by atoms with Gasteiger partial charge in [0, 0.05) is 9.30 Å². The van der Waals surface area contributed by atoms with Crippen LogP contribution in [0.15, 0.2) is 16.6 Å². The van der Waals surface area contributed by atoms with Gasteiger partial charge in [-0.3, -0.25) is 0 Å². The van der Waals surface area contributed by atoms with E-state index < -0.39 is 0 Å². The largest absolute Gasteiger partial charge is 0.0839 e. The Labute approximate surface area is 129 Å². The Kier molecular flexibility index (Phi) is 7.55. The van der Waals surface area contributed by atoms with Gasteiger partial charge in [0.25, 0.3) is 0 Å². The van der Waals surface area contributed by atoms with E-state index in [4.69, 9.17) is 0 Å². The van der Waals surface area contributed by atoms with Crippen LogP contribution < -0.4 is 0 Å². The normalized spacial score (nSPS) is 12.7. The van der Waals surface area contributed by atoms with Gasteiger partial charge in [0.2, 0.25) is 0 Å². The number of hydrogen-bond donors (Lipinski definition) is 0. The number of aryl methyl sites for hydroxylation is 2. The van der Waals surface area contributed by atoms with E-state index in [1.54, 1.807) is 0 Å². The van der Waals surface area contributed by atoms with E-state index >= 15 is 0 Å². The van der Waals surface area contributed by atoms with Crippen LogP contribution in [0.5, 0.6) is 0 Å². The molecule has 0 radical (unpaired) electrons. The van der Waals surface area contributed by atoms with Gasteiger partial charge < -0.3 is 0 Å². The van der Waals surface area contributed by atoms with E-state index in [1.165, 1.54) is 59.7 Å². The van der Waals surface area contributed by atoms with Crippen molar-refractivity contribution in [2.24, 2.45) is 0 Å². The number of hydrogen-bond acceptors (Lipinski definition) is 0. The van der Waals surface area contributed by atoms with Crippen LogP contribution in [-0.4, -0.2) is 0 Å². The first-order valence-corrected chi connectivity index (χ1v) is 8.67. The van der Waals surface area contributed by atoms with Gasteiger partial charge in [0.15, 0.2) is 0 Å². The Morgan fingerprint density at radius 1 is 1.00 bits per heavy atom. The van der Waals surface area contributed by atoms with E-state index in [0.29, 0.717) is 4.83 Å². The third kappa shape index (κ3) is 5.05. The van der Waals surface area contributed by atoms with E-state index in [1.807, 2.05) is 0 Å². The molecule has 1 aromatic carbocycles. The lowest BCUT2D eigenvalue weighted by molar-refractivity contribution is 0.605. The van der Waals surface area contributed by atoms with Gasteiger partial charge in [-0.1, -0.05) is 77.0 Å². The van der Waals surface area contributed by atoms with Crippen LogP contribution in [-0.2, 0) is 0 Å². The fraction of sp³-hybridized carbons (Fsp3) is 0.625. The maximum absolute atomic E-state index is 3.85. The van der Waals surface area contributed by atoms with E-state index in [2.05, 4.69) is 64.8 Å². The Hall–Kier alpha value is 0.180. The highest BCUT2D eigenvalue weighted by Crippen LogP contribution is 2.33. The lowest BCUT2D eigenvalue weighted by Gasteiger charge is -2.15. The minimum absolute atomic E-state index is 0.505. The van der Waals surface area contributed by atoms with E-state index in [-0.39, 0.29) is 0 Å². The van der Waals surface area contributed by atoms with Crippen molar-refractivity contribution in [2.75, 3.05) is 0 Å². The van der Waals surface area contributed by atoms with Crippen LogP contribution in [0, 0.1) is 13.8 Å². The zero-order valence-electron chi connectivity index (χ0n) is 11.7. The van der Waals surface area contributed by atoms with E-state index in [9.17, 15) is 0 Å². The second kappa shape index (κ2) is 8.37. The average molecular weight is 376 g/mol. The Morgan fingerprint density at radius 3 is 2.33 bits per heavy atom. The number of benzene rings is 1. The number of halogens is 2. The Bertz CT molecular complexity index is 372. The molecule has 0 saturated heterocycles. The predicted octanol–water partition coefficient (Wildman–Crippen LogP) is 6.86. The molecule has 0 saturated carbocycles. The lowest BCUT2D eigenvalue weighted by Crippen LogP contribution is -1.96. The zero-order chi connectivity index (χ0) is 13.5. The van der Waals surface area contributed by atoms with Crippen molar-refractivity contribution in [3.8, 4) is 0 Å². The van der Waals surface area contributed by atoms with Gasteiger partial charge >= 0.3 is 0 Å². The summed E-state index contributed by atoms with van der Waals surface area (Å²) in [5.41, 5.74) is 4.15. The molecule has 2 heteroatoms. The molecule has 1 aromatic rings. The lowest BCUT2D eigenvalue weighted by atomic mass is 9.99. The van der Waals surface area contributed by atoms with Crippen LogP contribution in [0.4, 0.5) is 0 Å². The summed E-state index contributed by atoms with van der Waals surface area (Å²) in [6.45, 7) is 6.63. The molecule has 1 rings (SSSR count). The van der Waals surface area contributed by atoms with Crippen LogP contribution in [0.1, 0.15) is 67.0 Å². The Morgan fingerprint density at radius 2 is 1.67 bits per heavy atom. The number of rotatable bonds is 7. The summed E-state index contributed by atoms with van der Waals surface area (Å²) in [6.07, 6.45) is 8.02. The first-order chi connectivity index (χ1) is 8.56. The van der Waals surface area contributed by atoms with Crippen molar-refractivity contribution < 1.29 is 0 Å². The molecule has 0 aliphatic heterocycles. The number of unbranched alkanes of at least 4 members (excludes halogenated alkanes) is 4. The van der Waals surface area contributed by atoms with Crippen LogP contribution in [0.3, 0.4) is 0 Å². The molecular formula is C16H24Br2. The molecule has 0 aliphatic carbocycles. The predicted molar refractivity (Wildman–Crippen MR) is 88.7 cm³/mol. The highest BCUT2D eigenvalue weighted by molar-refractivity contribution is 9.10. The molecule has 1 atom stereocenters. The van der Waals surface area contributed by atoms with Gasteiger partial charge in [-0.05, 0) is 43.0 Å². The summed E-state index contributed by atoms with van der Waals surface area (Å²) in [5, 5.41) is 0. The summed E-state index contributed by atoms with van der Waals surface area (Å²) in [7, 11) is 0. The molecule has 0 fully saturated rings. The molecule has 0 aliphatic rings. The molecule has 1 unspecified atom stereocenters. The van der Waals surface area contributed by atoms with Gasteiger partial charge in [-0.15, -0.1) is 0 Å². The topological polar surface area (TPSA) is 0 Å². The molecular weight excluding hydrogens is 352 g/mol. The van der Waals surface area contributed by atoms with Gasteiger partial charge in [0.1, 0.15) is 0 Å². The highest BCUT2D eigenvalue weighted by Gasteiger charge is 2.11. The summed E-state index contributed by atoms with van der Waals surface area (Å²) in [5.74, 6) is 0. The summed E-state index contributed by atoms with van der Waals surface area (Å²) in [6, 6.07) is 4.54. The summed E-state index contributed by atoms with van der Waals surface area (Å²) < 4.78 is 1.21. The van der Waals surface area contributed by atoms with Crippen molar-refractivity contribution in [3.05, 3.63) is 33.3 Å². The first kappa shape index (κ1) is 16.2. The van der Waals surface area contributed by atoms with Crippen molar-refractivity contribution in [3.63, 3.8) is 0 Å². The van der Waals surface area contributed by atoms with Crippen molar-refractivity contribution in [1.29, 1.82) is 0 Å². The SMILES string of the molecule is CCCCCCCC(Br)c1cc(C)c(Br)cc1C. The molecule has 18 heavy (non-hydrogen) atoms. The maximum atomic E-state index is 3.85. The smallest absolute Gasteiger partial charge is 0.0398 e. The molecule has 0 heterocycles. The van der Waals surface area contributed by atoms with Gasteiger partial charge in [0.05, 0.1) is 0 Å². The minimum atomic E-state index is 0.505. The van der Waals surface area contributed by atoms with Crippen LogP contribution in [0.25, 0.3) is 0 Å². The minimum Gasteiger partial charge on any atom is -0.0839 e. The molecule has 0 amide bonds. The molecule has 0 bridgehead atoms. The standard InChI is InChI=1S/C16H24Br2/c1-4-5-6-7-8-9-15(17)14-10-13(3)16(18)11-12(14)2/h10-11,15H,4-9H2,1-3H3. The van der Waals surface area contributed by atoms with Gasteiger partial charge in [-0.2, -0.15) is 0 Å². The summed E-state index contributed by atoms with van der Waals surface area (Å²) >= 11 is 7.44. The first-order valence-electron chi connectivity index (χ1n) is 6.97. The second-order valence-corrected chi connectivity index (χ2v) is 7.09. The van der Waals surface area contributed by atoms with Gasteiger partial charge in [-0.25, -0.2) is 0 Å². The molecule has 0 aromatic heterocycles. The van der Waals surface area contributed by atoms with Crippen molar-refractivity contribution >= 4 is 31.9 Å². The monoisotopic (exact) mass is 374 g/mol. The zero-order valence-corrected chi connectivity index (χ0v) is 14.9. The average Bonchev–Trinajstić information content (AvgIpc) is 2.33. The quantitative estimate of drug-likeness (QED) is 0.360. The third-order valence-electron chi connectivity index (χ3n) is 3.45. The van der Waals surface area contributed by atoms with Crippen molar-refractivity contribution in [1.82, 2.24) is 0 Å². The molecule has 0 spiro atoms. The molecule has 0 N–H and O–H groups in total. The van der Waals surface area contributed by atoms with Crippen LogP contribution >= 0.6 is 31.9 Å². The second-order valence-electron chi connectivity index (χ2n) is 5.13. The summed E-state index contributed by atoms with van der Waals surface area (Å²) in [4.78, 5) is 0.505. The Balaban J connectivity index is 2.51. The van der Waals surface area contributed by atoms with E-state index in [0.717, 1.165) is 0 Å². The molecule has 102 valence electrons. The van der Waals surface area contributed by atoms with Crippen molar-refractivity contribution in [2.45, 2.75) is 64.1 Å². The number of alkyl halides is 1. The maximum Gasteiger partial charge on any atom is 0.0398 e.